The molecule has 1 aromatic carbocycles. The number of fused-ring (bicyclic) bond motifs is 9. The number of rotatable bonds is 8. The van der Waals surface area contributed by atoms with Crippen LogP contribution in [0.1, 0.15) is 48.5 Å². The molecule has 2 amide bonds. The lowest BCUT2D eigenvalue weighted by Gasteiger charge is -2.43. The number of thioether (sulfide) groups is 1. The van der Waals surface area contributed by atoms with Crippen LogP contribution in [0.4, 0.5) is 0 Å². The van der Waals surface area contributed by atoms with E-state index in [-0.39, 0.29) is 69.6 Å². The number of likely N-dealkylation sites (tertiary alicyclic amines) is 1. The Morgan fingerprint density at radius 1 is 1.14 bits per heavy atom. The molecule has 37 heavy (non-hydrogen) atoms. The summed E-state index contributed by atoms with van der Waals surface area (Å²) >= 11 is 2.83. The van der Waals surface area contributed by atoms with Gasteiger partial charge in [0.15, 0.2) is 11.5 Å². The summed E-state index contributed by atoms with van der Waals surface area (Å²) in [5.74, 6) is -1.28. The number of amides is 2. The fraction of sp³-hybridized carbons (Fsp3) is 0.538. The predicted octanol–water partition coefficient (Wildman–Crippen LogP) is 3.27. The van der Waals surface area contributed by atoms with Gasteiger partial charge < -0.3 is 19.9 Å². The van der Waals surface area contributed by atoms with Crippen molar-refractivity contribution >= 4 is 40.9 Å². The lowest BCUT2D eigenvalue weighted by molar-refractivity contribution is -0.141. The highest BCUT2D eigenvalue weighted by molar-refractivity contribution is 8.00. The minimum Gasteiger partial charge on any atom is -0.504 e. The number of carboxylic acid groups (broad SMARTS) is 1. The van der Waals surface area contributed by atoms with Gasteiger partial charge in [-0.3, -0.25) is 24.1 Å². The first-order valence-corrected chi connectivity index (χ1v) is 14.3. The number of aromatic nitrogens is 1. The van der Waals surface area contributed by atoms with Crippen LogP contribution in [0.3, 0.4) is 0 Å². The first-order chi connectivity index (χ1) is 17.8. The normalized spacial score (nSPS) is 31.4. The van der Waals surface area contributed by atoms with Crippen molar-refractivity contribution in [3.05, 3.63) is 38.3 Å². The summed E-state index contributed by atoms with van der Waals surface area (Å²) in [6.45, 7) is 0.339. The molecular formula is C26H28N2O7S2. The molecule has 4 aliphatic rings. The monoisotopic (exact) mass is 544 g/mol. The molecule has 3 heterocycles. The molecule has 196 valence electrons. The maximum absolute atomic E-state index is 13.6. The molecule has 2 aliphatic carbocycles. The fourth-order valence-electron chi connectivity index (χ4n) is 7.28. The third-order valence-corrected chi connectivity index (χ3v) is 11.2. The number of carbonyl (C=O) groups is 3. The number of thiazole rings is 1. The first-order valence-electron chi connectivity index (χ1n) is 12.6. The van der Waals surface area contributed by atoms with Gasteiger partial charge in [0.05, 0.1) is 24.0 Å². The minimum absolute atomic E-state index is 0.0242. The quantitative estimate of drug-likeness (QED) is 0.340. The average molecular weight is 545 g/mol. The van der Waals surface area contributed by atoms with Crippen LogP contribution in [0, 0.1) is 29.6 Å². The molecule has 9 nitrogen and oxygen atoms in total. The van der Waals surface area contributed by atoms with Gasteiger partial charge in [0.1, 0.15) is 0 Å². The number of H-pyrrole nitrogens is 1. The Balaban J connectivity index is 1.31. The molecule has 2 aliphatic heterocycles. The molecule has 0 unspecified atom stereocenters. The Labute approximate surface area is 221 Å². The summed E-state index contributed by atoms with van der Waals surface area (Å²) in [5, 5.41) is 19.9. The van der Waals surface area contributed by atoms with Crippen molar-refractivity contribution in [1.82, 2.24) is 9.88 Å². The lowest BCUT2D eigenvalue weighted by Crippen LogP contribution is -2.42. The van der Waals surface area contributed by atoms with E-state index in [4.69, 9.17) is 9.84 Å². The van der Waals surface area contributed by atoms with E-state index >= 15 is 0 Å². The first kappa shape index (κ1) is 24.5. The highest BCUT2D eigenvalue weighted by atomic mass is 32.2. The summed E-state index contributed by atoms with van der Waals surface area (Å²) in [6.07, 6.45) is 2.70. The van der Waals surface area contributed by atoms with E-state index in [1.807, 2.05) is 12.1 Å². The van der Waals surface area contributed by atoms with Crippen molar-refractivity contribution < 1.29 is 29.3 Å². The smallest absolute Gasteiger partial charge is 0.305 e. The molecule has 2 aromatic rings. The van der Waals surface area contributed by atoms with Gasteiger partial charge in [0.2, 0.25) is 11.8 Å². The number of unbranched alkanes of at least 4 members (excludes halogenated alkanes) is 2. The van der Waals surface area contributed by atoms with Gasteiger partial charge in [-0.2, -0.15) is 0 Å². The van der Waals surface area contributed by atoms with Gasteiger partial charge in [-0.1, -0.05) is 23.8 Å². The van der Waals surface area contributed by atoms with Gasteiger partial charge in [-0.25, -0.2) is 0 Å². The molecule has 3 N–H and O–H groups in total. The van der Waals surface area contributed by atoms with E-state index < -0.39 is 5.97 Å². The van der Waals surface area contributed by atoms with Crippen molar-refractivity contribution in [1.29, 1.82) is 0 Å². The Morgan fingerprint density at radius 2 is 1.89 bits per heavy atom. The number of ether oxygens (including phenoxy) is 1. The molecule has 2 saturated carbocycles. The highest BCUT2D eigenvalue weighted by Gasteiger charge is 2.69. The third-order valence-electron chi connectivity index (χ3n) is 8.65. The number of carbonyl (C=O) groups excluding carboxylic acids is 2. The molecule has 0 radical (unpaired) electrons. The van der Waals surface area contributed by atoms with Gasteiger partial charge in [-0.15, -0.1) is 11.8 Å². The number of nitrogens with zero attached hydrogens (tertiary/aromatic N) is 1. The number of hydrogen-bond donors (Lipinski definition) is 3. The molecule has 6 rings (SSSR count). The number of aromatic amines is 1. The van der Waals surface area contributed by atoms with Crippen molar-refractivity contribution in [2.24, 2.45) is 29.6 Å². The average Bonchev–Trinajstić information content (AvgIpc) is 3.59. The second kappa shape index (κ2) is 9.20. The Morgan fingerprint density at radius 3 is 2.62 bits per heavy atom. The summed E-state index contributed by atoms with van der Waals surface area (Å²) < 4.78 is 5.37. The highest BCUT2D eigenvalue weighted by Crippen LogP contribution is 2.68. The predicted molar refractivity (Wildman–Crippen MR) is 136 cm³/mol. The Bertz CT molecular complexity index is 1340. The maximum atomic E-state index is 13.6. The Hall–Kier alpha value is -2.79. The summed E-state index contributed by atoms with van der Waals surface area (Å²) in [6, 6.07) is 5.28. The van der Waals surface area contributed by atoms with E-state index in [0.717, 1.165) is 21.9 Å². The van der Waals surface area contributed by atoms with E-state index in [1.165, 1.54) is 23.3 Å². The van der Waals surface area contributed by atoms with Crippen molar-refractivity contribution in [3.63, 3.8) is 0 Å². The van der Waals surface area contributed by atoms with Crippen LogP contribution < -0.4 is 9.61 Å². The molecule has 1 saturated heterocycles. The van der Waals surface area contributed by atoms with Crippen LogP contribution in [0.25, 0.3) is 0 Å². The number of aliphatic carboxylic acids is 1. The van der Waals surface area contributed by atoms with Crippen molar-refractivity contribution in [2.75, 3.05) is 13.7 Å². The third kappa shape index (κ3) is 3.80. The molecule has 11 heteroatoms. The van der Waals surface area contributed by atoms with E-state index in [0.29, 0.717) is 31.6 Å². The van der Waals surface area contributed by atoms with Crippen LogP contribution in [0.2, 0.25) is 0 Å². The zero-order chi connectivity index (χ0) is 26.0. The number of carboxylic acids is 1. The summed E-state index contributed by atoms with van der Waals surface area (Å²) in [4.78, 5) is 55.4. The lowest BCUT2D eigenvalue weighted by atomic mass is 9.68. The van der Waals surface area contributed by atoms with E-state index in [1.54, 1.807) is 17.8 Å². The van der Waals surface area contributed by atoms with E-state index in [9.17, 15) is 24.3 Å². The van der Waals surface area contributed by atoms with Crippen LogP contribution in [0.15, 0.2) is 28.0 Å². The second-order valence-corrected chi connectivity index (χ2v) is 12.6. The number of aromatic hydroxyl groups is 1. The SMILES string of the molecule is COc1cc([C@@H]2c3sc(=O)[nH]c3S[C@@H]3[C@H]4C[C@@H]([C@@H]5C(=O)N(CCCCCC(=O)O)C(=O)[C@H]45)[C@@H]23)ccc1O. The van der Waals surface area contributed by atoms with E-state index in [2.05, 4.69) is 4.98 Å². The molecule has 7 atom stereocenters. The minimum atomic E-state index is -0.838. The van der Waals surface area contributed by atoms with Gasteiger partial charge >= 0.3 is 10.8 Å². The number of imide groups is 1. The number of methoxy groups -OCH3 is 1. The maximum Gasteiger partial charge on any atom is 0.305 e. The summed E-state index contributed by atoms with van der Waals surface area (Å²) in [7, 11) is 1.50. The second-order valence-electron chi connectivity index (χ2n) is 10.4. The molecular weight excluding hydrogens is 516 g/mol. The number of benzene rings is 1. The van der Waals surface area contributed by atoms with Crippen LogP contribution in [-0.2, 0) is 14.4 Å². The van der Waals surface area contributed by atoms with Gasteiger partial charge in [0, 0.05) is 29.0 Å². The van der Waals surface area contributed by atoms with Crippen LogP contribution >= 0.6 is 23.1 Å². The standard InChI is InChI=1S/C26H28N2O7S2/c1-35-15-9-11(6-7-14(15)29)17-18-12-10-13(21(18)36-23-22(17)37-26(34)27-23)20-19(12)24(32)28(25(20)33)8-4-2-3-5-16(30)31/h6-7,9,12-13,17-21,29H,2-5,8,10H2,1H3,(H,27,34)(H,30,31)/t12-,13+,17+,18+,19+,20-,21-/m1/s1. The zero-order valence-corrected chi connectivity index (χ0v) is 21.8. The number of nitrogens with one attached hydrogen (secondary N) is 1. The molecule has 1 aromatic heterocycles. The largest absolute Gasteiger partial charge is 0.504 e. The van der Waals surface area contributed by atoms with Gasteiger partial charge in [0.25, 0.3) is 0 Å². The van der Waals surface area contributed by atoms with Crippen molar-refractivity contribution in [2.45, 2.75) is 48.3 Å². The number of phenols is 1. The number of phenolic OH excluding ortho intramolecular Hbond substituents is 1. The van der Waals surface area contributed by atoms with Crippen LogP contribution in [-0.4, -0.2) is 56.8 Å². The fourth-order valence-corrected chi connectivity index (χ4v) is 10.2. The molecule has 3 fully saturated rings. The summed E-state index contributed by atoms with van der Waals surface area (Å²) in [5.41, 5.74) is 0.928. The van der Waals surface area contributed by atoms with Crippen molar-refractivity contribution in [3.8, 4) is 11.5 Å². The topological polar surface area (TPSA) is 137 Å². The molecule has 2 bridgehead atoms. The number of hydrogen-bond acceptors (Lipinski definition) is 8. The zero-order valence-electron chi connectivity index (χ0n) is 20.2. The van der Waals surface area contributed by atoms with Gasteiger partial charge in [-0.05, 0) is 54.7 Å². The van der Waals surface area contributed by atoms with Crippen LogP contribution in [0.5, 0.6) is 11.5 Å². The Kier molecular flexibility index (Phi) is 6.10. The molecule has 0 spiro atoms.